The number of nitrogens with one attached hydrogen (secondary N) is 2. The molecule has 2 fully saturated rings. The standard InChI is InChI=1S/C19H37N3O2S.HI/c1-4-25(23)17-9-7-8-16(14-17)22-18(20-2)21-15-19(12-13-24-3)10-5-6-11-19;/h16-17H,4-15H2,1-3H3,(H2,20,21,22);1H. The van der Waals surface area contributed by atoms with Crippen LogP contribution in [0.5, 0.6) is 0 Å². The summed E-state index contributed by atoms with van der Waals surface area (Å²) < 4.78 is 17.5. The van der Waals surface area contributed by atoms with Crippen LogP contribution in [0.4, 0.5) is 0 Å². The van der Waals surface area contributed by atoms with Crippen LogP contribution in [0.1, 0.15) is 64.7 Å². The van der Waals surface area contributed by atoms with Gasteiger partial charge < -0.3 is 15.4 Å². The summed E-state index contributed by atoms with van der Waals surface area (Å²) in [6.07, 6.45) is 10.7. The molecule has 0 aromatic carbocycles. The zero-order valence-corrected chi connectivity index (χ0v) is 19.9. The highest BCUT2D eigenvalue weighted by Crippen LogP contribution is 2.40. The zero-order chi connectivity index (χ0) is 18.1. The second-order valence-corrected chi connectivity index (χ2v) is 9.68. The Morgan fingerprint density at radius 3 is 2.62 bits per heavy atom. The molecule has 26 heavy (non-hydrogen) atoms. The van der Waals surface area contributed by atoms with Gasteiger partial charge in [0.2, 0.25) is 0 Å². The fourth-order valence-corrected chi connectivity index (χ4v) is 5.72. The van der Waals surface area contributed by atoms with E-state index in [2.05, 4.69) is 15.6 Å². The monoisotopic (exact) mass is 499 g/mol. The Balaban J connectivity index is 0.00000338. The van der Waals surface area contributed by atoms with Crippen molar-refractivity contribution in [3.05, 3.63) is 0 Å². The summed E-state index contributed by atoms with van der Waals surface area (Å²) >= 11 is 0. The summed E-state index contributed by atoms with van der Waals surface area (Å²) in [5, 5.41) is 7.50. The molecule has 2 aliphatic carbocycles. The molecule has 0 bridgehead atoms. The third kappa shape index (κ3) is 7.26. The van der Waals surface area contributed by atoms with Gasteiger partial charge in [0.15, 0.2) is 5.96 Å². The zero-order valence-electron chi connectivity index (χ0n) is 16.7. The molecule has 0 spiro atoms. The minimum atomic E-state index is -0.681. The maximum Gasteiger partial charge on any atom is 0.191 e. The number of nitrogens with zero attached hydrogens (tertiary/aromatic N) is 1. The van der Waals surface area contributed by atoms with Gasteiger partial charge in [-0.1, -0.05) is 26.2 Å². The van der Waals surface area contributed by atoms with E-state index in [1.54, 1.807) is 7.11 Å². The highest BCUT2D eigenvalue weighted by atomic mass is 127. The Bertz CT molecular complexity index is 456. The summed E-state index contributed by atoms with van der Waals surface area (Å²) in [5.74, 6) is 1.67. The minimum Gasteiger partial charge on any atom is -0.385 e. The molecule has 3 atom stereocenters. The summed E-state index contributed by atoms with van der Waals surface area (Å²) in [5.41, 5.74) is 0.354. The maximum absolute atomic E-state index is 12.1. The summed E-state index contributed by atoms with van der Waals surface area (Å²) in [4.78, 5) is 4.43. The predicted octanol–water partition coefficient (Wildman–Crippen LogP) is 3.45. The molecule has 7 heteroatoms. The summed E-state index contributed by atoms with van der Waals surface area (Å²) in [7, 11) is 2.95. The lowest BCUT2D eigenvalue weighted by Gasteiger charge is -2.33. The van der Waals surface area contributed by atoms with E-state index in [1.807, 2.05) is 14.0 Å². The summed E-state index contributed by atoms with van der Waals surface area (Å²) in [6.45, 7) is 3.82. The molecule has 3 unspecified atom stereocenters. The van der Waals surface area contributed by atoms with Crippen molar-refractivity contribution < 1.29 is 8.95 Å². The molecule has 5 nitrogen and oxygen atoms in total. The van der Waals surface area contributed by atoms with Crippen molar-refractivity contribution in [1.29, 1.82) is 0 Å². The number of hydrogen-bond donors (Lipinski definition) is 2. The van der Waals surface area contributed by atoms with Crippen molar-refractivity contribution in [2.24, 2.45) is 10.4 Å². The molecule has 0 heterocycles. The van der Waals surface area contributed by atoms with Crippen LogP contribution >= 0.6 is 24.0 Å². The first-order valence-electron chi connectivity index (χ1n) is 9.96. The van der Waals surface area contributed by atoms with Crippen molar-refractivity contribution >= 4 is 40.7 Å². The molecule has 2 N–H and O–H groups in total. The van der Waals surface area contributed by atoms with Gasteiger partial charge in [-0.3, -0.25) is 9.20 Å². The lowest BCUT2D eigenvalue weighted by molar-refractivity contribution is 0.138. The minimum absolute atomic E-state index is 0. The van der Waals surface area contributed by atoms with Crippen LogP contribution in [0.3, 0.4) is 0 Å². The lowest BCUT2D eigenvalue weighted by Crippen LogP contribution is -2.49. The van der Waals surface area contributed by atoms with Crippen molar-refractivity contribution in [1.82, 2.24) is 10.6 Å². The molecule has 2 rings (SSSR count). The number of halogens is 1. The van der Waals surface area contributed by atoms with Crippen molar-refractivity contribution in [2.75, 3.05) is 33.1 Å². The molecule has 0 aromatic rings. The van der Waals surface area contributed by atoms with Gasteiger partial charge >= 0.3 is 0 Å². The molecule has 0 amide bonds. The smallest absolute Gasteiger partial charge is 0.191 e. The Morgan fingerprint density at radius 1 is 1.27 bits per heavy atom. The molecule has 154 valence electrons. The molecule has 0 aliphatic heterocycles. The molecule has 0 radical (unpaired) electrons. The fraction of sp³-hybridized carbons (Fsp3) is 0.947. The molecular formula is C19H38IN3O2S. The van der Waals surface area contributed by atoms with Gasteiger partial charge in [0.25, 0.3) is 0 Å². The number of methoxy groups -OCH3 is 1. The third-order valence-electron chi connectivity index (χ3n) is 5.98. The molecular weight excluding hydrogens is 461 g/mol. The van der Waals surface area contributed by atoms with E-state index in [-0.39, 0.29) is 24.0 Å². The SMILES string of the molecule is CCS(=O)C1CCCC(NC(=NC)NCC2(CCOC)CCCC2)C1.I. The van der Waals surface area contributed by atoms with Crippen LogP contribution < -0.4 is 10.6 Å². The summed E-state index contributed by atoms with van der Waals surface area (Å²) in [6, 6.07) is 0.388. The van der Waals surface area contributed by atoms with Crippen LogP contribution in [0.15, 0.2) is 4.99 Å². The van der Waals surface area contributed by atoms with E-state index in [0.717, 1.165) is 57.0 Å². The van der Waals surface area contributed by atoms with E-state index in [4.69, 9.17) is 4.74 Å². The van der Waals surface area contributed by atoms with E-state index in [9.17, 15) is 4.21 Å². The lowest BCUT2D eigenvalue weighted by atomic mass is 9.83. The van der Waals surface area contributed by atoms with Gasteiger partial charge in [0, 0.05) is 55.2 Å². The van der Waals surface area contributed by atoms with Crippen molar-refractivity contribution in [3.8, 4) is 0 Å². The number of rotatable bonds is 8. The van der Waals surface area contributed by atoms with Gasteiger partial charge in [-0.15, -0.1) is 24.0 Å². The topological polar surface area (TPSA) is 62.7 Å². The number of hydrogen-bond acceptors (Lipinski definition) is 3. The van der Waals surface area contributed by atoms with Crippen molar-refractivity contribution in [3.63, 3.8) is 0 Å². The molecule has 0 saturated heterocycles. The fourth-order valence-electron chi connectivity index (χ4n) is 4.37. The molecule has 0 aromatic heterocycles. The van der Waals surface area contributed by atoms with Crippen molar-refractivity contribution in [2.45, 2.75) is 76.0 Å². The number of guanidine groups is 1. The maximum atomic E-state index is 12.1. The Morgan fingerprint density at radius 2 is 2.00 bits per heavy atom. The highest BCUT2D eigenvalue weighted by molar-refractivity contribution is 14.0. The average molecular weight is 500 g/mol. The Hall–Kier alpha value is 0.110. The molecule has 2 aliphatic rings. The molecule has 2 saturated carbocycles. The van der Waals surface area contributed by atoms with Crippen LogP contribution in [0.2, 0.25) is 0 Å². The van der Waals surface area contributed by atoms with Crippen LogP contribution in [0, 0.1) is 5.41 Å². The first-order chi connectivity index (χ1) is 12.1. The average Bonchev–Trinajstić information content (AvgIpc) is 3.12. The van der Waals surface area contributed by atoms with Gasteiger partial charge in [0.1, 0.15) is 0 Å². The Kier molecular flexibility index (Phi) is 11.7. The van der Waals surface area contributed by atoms with E-state index in [1.165, 1.54) is 25.7 Å². The second-order valence-electron chi connectivity index (χ2n) is 7.67. The van der Waals surface area contributed by atoms with Gasteiger partial charge in [-0.2, -0.15) is 0 Å². The largest absolute Gasteiger partial charge is 0.385 e. The van der Waals surface area contributed by atoms with Crippen LogP contribution in [-0.4, -0.2) is 54.5 Å². The van der Waals surface area contributed by atoms with Gasteiger partial charge in [0.05, 0.1) is 0 Å². The Labute approximate surface area is 179 Å². The van der Waals surface area contributed by atoms with E-state index in [0.29, 0.717) is 16.7 Å². The first-order valence-corrected chi connectivity index (χ1v) is 11.3. The third-order valence-corrected chi connectivity index (χ3v) is 7.72. The normalized spacial score (nSPS) is 26.8. The van der Waals surface area contributed by atoms with Gasteiger partial charge in [-0.05, 0) is 43.9 Å². The van der Waals surface area contributed by atoms with E-state index < -0.39 is 10.8 Å². The van der Waals surface area contributed by atoms with Crippen LogP contribution in [-0.2, 0) is 15.5 Å². The highest BCUT2D eigenvalue weighted by Gasteiger charge is 2.34. The first kappa shape index (κ1) is 24.1. The quantitative estimate of drug-likeness (QED) is 0.305. The van der Waals surface area contributed by atoms with Gasteiger partial charge in [-0.25, -0.2) is 0 Å². The van der Waals surface area contributed by atoms with Crippen LogP contribution in [0.25, 0.3) is 0 Å². The number of aliphatic imine (C=N–C) groups is 1. The second kappa shape index (κ2) is 12.5. The predicted molar refractivity (Wildman–Crippen MR) is 122 cm³/mol. The number of ether oxygens (including phenoxy) is 1. The van der Waals surface area contributed by atoms with E-state index >= 15 is 0 Å².